The third-order valence-corrected chi connectivity index (χ3v) is 3.49. The highest BCUT2D eigenvalue weighted by Crippen LogP contribution is 2.10. The molecule has 2 heterocycles. The second kappa shape index (κ2) is 4.97. The molecule has 0 saturated carbocycles. The van der Waals surface area contributed by atoms with Gasteiger partial charge >= 0.3 is 0 Å². The molecule has 3 rings (SSSR count). The molecule has 2 aromatic rings. The predicted molar refractivity (Wildman–Crippen MR) is 74.3 cm³/mol. The van der Waals surface area contributed by atoms with Crippen LogP contribution < -0.4 is 10.9 Å². The minimum absolute atomic E-state index is 0.0219. The van der Waals surface area contributed by atoms with Gasteiger partial charge < -0.3 is 10.3 Å². The van der Waals surface area contributed by atoms with Crippen LogP contribution in [-0.2, 0) is 19.4 Å². The van der Waals surface area contributed by atoms with Gasteiger partial charge in [0.25, 0.3) is 5.56 Å². The number of H-pyrrole nitrogens is 1. The van der Waals surface area contributed by atoms with E-state index in [0.717, 1.165) is 35.6 Å². The third kappa shape index (κ3) is 2.58. The Bertz CT molecular complexity index is 643. The zero-order chi connectivity index (χ0) is 13.2. The number of benzene rings is 1. The summed E-state index contributed by atoms with van der Waals surface area (Å²) in [7, 11) is 0. The molecular formula is C15H17N3O. The maximum atomic E-state index is 12.0. The second-order valence-corrected chi connectivity index (χ2v) is 5.03. The highest BCUT2D eigenvalue weighted by Gasteiger charge is 2.14. The Balaban J connectivity index is 1.91. The molecule has 4 heteroatoms. The Morgan fingerprint density at radius 3 is 2.84 bits per heavy atom. The normalized spacial score (nSPS) is 14.2. The second-order valence-electron chi connectivity index (χ2n) is 5.03. The molecule has 4 nitrogen and oxygen atoms in total. The van der Waals surface area contributed by atoms with E-state index in [1.165, 1.54) is 5.56 Å². The fraction of sp³-hybridized carbons (Fsp3) is 0.333. The van der Waals surface area contributed by atoms with E-state index in [1.807, 2.05) is 0 Å². The van der Waals surface area contributed by atoms with Crippen LogP contribution >= 0.6 is 0 Å². The van der Waals surface area contributed by atoms with E-state index in [0.29, 0.717) is 13.0 Å². The first kappa shape index (κ1) is 12.1. The molecule has 0 fully saturated rings. The summed E-state index contributed by atoms with van der Waals surface area (Å²) in [6, 6.07) is 8.31. The van der Waals surface area contributed by atoms with E-state index in [2.05, 4.69) is 46.5 Å². The number of rotatable bonds is 2. The Morgan fingerprint density at radius 2 is 2.05 bits per heavy atom. The minimum atomic E-state index is 0.0219. The van der Waals surface area contributed by atoms with Crippen LogP contribution in [0.15, 0.2) is 29.1 Å². The first-order valence-electron chi connectivity index (χ1n) is 6.59. The molecule has 0 amide bonds. The van der Waals surface area contributed by atoms with Gasteiger partial charge in [-0.25, -0.2) is 4.98 Å². The summed E-state index contributed by atoms with van der Waals surface area (Å²) in [6.45, 7) is 3.61. The lowest BCUT2D eigenvalue weighted by molar-refractivity contribution is 0.613. The summed E-state index contributed by atoms with van der Waals surface area (Å²) in [5, 5.41) is 3.25. The maximum Gasteiger partial charge on any atom is 0.254 e. The summed E-state index contributed by atoms with van der Waals surface area (Å²) in [4.78, 5) is 19.5. The first-order valence-corrected chi connectivity index (χ1v) is 6.59. The Morgan fingerprint density at radius 1 is 1.26 bits per heavy atom. The number of aromatic amines is 1. The van der Waals surface area contributed by atoms with E-state index in [-0.39, 0.29) is 5.56 Å². The summed E-state index contributed by atoms with van der Waals surface area (Å²) in [5.74, 6) is 0.747. The number of nitrogens with zero attached hydrogens (tertiary/aromatic N) is 1. The quantitative estimate of drug-likeness (QED) is 0.850. The van der Waals surface area contributed by atoms with Gasteiger partial charge in [0, 0.05) is 18.5 Å². The standard InChI is InChI=1S/C15H17N3O/c1-10-2-4-11(5-3-10)8-14-17-13-9-16-7-6-12(13)15(19)18-14/h2-5,16H,6-9H2,1H3,(H,17,18,19). The molecule has 1 aliphatic rings. The molecule has 1 aliphatic heterocycles. The molecule has 0 atom stereocenters. The average Bonchev–Trinajstić information content (AvgIpc) is 2.42. The van der Waals surface area contributed by atoms with Crippen LogP contribution in [-0.4, -0.2) is 16.5 Å². The highest BCUT2D eigenvalue weighted by molar-refractivity contribution is 5.26. The van der Waals surface area contributed by atoms with Gasteiger partial charge in [0.15, 0.2) is 0 Å². The van der Waals surface area contributed by atoms with Crippen LogP contribution in [0.4, 0.5) is 0 Å². The lowest BCUT2D eigenvalue weighted by Gasteiger charge is -2.15. The number of hydrogen-bond acceptors (Lipinski definition) is 3. The molecule has 1 aromatic heterocycles. The summed E-state index contributed by atoms with van der Waals surface area (Å²) in [6.07, 6.45) is 1.44. The van der Waals surface area contributed by atoms with Gasteiger partial charge in [-0.1, -0.05) is 29.8 Å². The number of aryl methyl sites for hydroxylation is 1. The average molecular weight is 255 g/mol. The van der Waals surface area contributed by atoms with Crippen LogP contribution in [0.1, 0.15) is 28.2 Å². The third-order valence-electron chi connectivity index (χ3n) is 3.49. The number of hydrogen-bond donors (Lipinski definition) is 2. The fourth-order valence-electron chi connectivity index (χ4n) is 2.40. The highest BCUT2D eigenvalue weighted by atomic mass is 16.1. The van der Waals surface area contributed by atoms with E-state index >= 15 is 0 Å². The molecule has 0 spiro atoms. The van der Waals surface area contributed by atoms with Gasteiger partial charge in [0.2, 0.25) is 0 Å². The fourth-order valence-corrected chi connectivity index (χ4v) is 2.40. The van der Waals surface area contributed by atoms with E-state index in [1.54, 1.807) is 0 Å². The van der Waals surface area contributed by atoms with Crippen molar-refractivity contribution in [3.63, 3.8) is 0 Å². The van der Waals surface area contributed by atoms with Crippen molar-refractivity contribution in [1.82, 2.24) is 15.3 Å². The lowest BCUT2D eigenvalue weighted by Crippen LogP contribution is -2.31. The van der Waals surface area contributed by atoms with E-state index < -0.39 is 0 Å². The van der Waals surface area contributed by atoms with Crippen molar-refractivity contribution in [2.45, 2.75) is 26.3 Å². The Kier molecular flexibility index (Phi) is 3.17. The van der Waals surface area contributed by atoms with Gasteiger partial charge in [0.05, 0.1) is 5.69 Å². The lowest BCUT2D eigenvalue weighted by atomic mass is 10.1. The van der Waals surface area contributed by atoms with Crippen molar-refractivity contribution in [2.24, 2.45) is 0 Å². The summed E-state index contributed by atoms with van der Waals surface area (Å²) >= 11 is 0. The zero-order valence-electron chi connectivity index (χ0n) is 11.0. The number of fused-ring (bicyclic) bond motifs is 1. The molecule has 0 radical (unpaired) electrons. The van der Waals surface area contributed by atoms with Crippen LogP contribution in [0.2, 0.25) is 0 Å². The SMILES string of the molecule is Cc1ccc(Cc2nc3c(c(=O)[nH]2)CCNC3)cc1. The van der Waals surface area contributed by atoms with Crippen molar-refractivity contribution < 1.29 is 0 Å². The van der Waals surface area contributed by atoms with Crippen molar-refractivity contribution in [3.8, 4) is 0 Å². The number of nitrogens with one attached hydrogen (secondary N) is 2. The van der Waals surface area contributed by atoms with Gasteiger partial charge in [0.1, 0.15) is 5.82 Å². The van der Waals surface area contributed by atoms with Crippen molar-refractivity contribution in [3.05, 3.63) is 62.8 Å². The summed E-state index contributed by atoms with van der Waals surface area (Å²) in [5.41, 5.74) is 4.16. The molecular weight excluding hydrogens is 238 g/mol. The molecule has 0 saturated heterocycles. The zero-order valence-corrected chi connectivity index (χ0v) is 11.0. The number of aromatic nitrogens is 2. The van der Waals surface area contributed by atoms with Crippen LogP contribution in [0.5, 0.6) is 0 Å². The predicted octanol–water partition coefficient (Wildman–Crippen LogP) is 1.31. The molecule has 19 heavy (non-hydrogen) atoms. The largest absolute Gasteiger partial charge is 0.311 e. The molecule has 1 aromatic carbocycles. The topological polar surface area (TPSA) is 57.8 Å². The van der Waals surface area contributed by atoms with Crippen LogP contribution in [0, 0.1) is 6.92 Å². The molecule has 0 aliphatic carbocycles. The van der Waals surface area contributed by atoms with Crippen LogP contribution in [0.25, 0.3) is 0 Å². The molecule has 2 N–H and O–H groups in total. The van der Waals surface area contributed by atoms with Gasteiger partial charge in [-0.2, -0.15) is 0 Å². The summed E-state index contributed by atoms with van der Waals surface area (Å²) < 4.78 is 0. The van der Waals surface area contributed by atoms with E-state index in [9.17, 15) is 4.79 Å². The van der Waals surface area contributed by atoms with Crippen molar-refractivity contribution in [2.75, 3.05) is 6.54 Å². The Hall–Kier alpha value is -1.94. The van der Waals surface area contributed by atoms with Crippen molar-refractivity contribution >= 4 is 0 Å². The monoisotopic (exact) mass is 255 g/mol. The Labute approximate surface area is 111 Å². The van der Waals surface area contributed by atoms with Gasteiger partial charge in [-0.05, 0) is 25.5 Å². The van der Waals surface area contributed by atoms with E-state index in [4.69, 9.17) is 0 Å². The minimum Gasteiger partial charge on any atom is -0.311 e. The smallest absolute Gasteiger partial charge is 0.254 e. The van der Waals surface area contributed by atoms with Crippen molar-refractivity contribution in [1.29, 1.82) is 0 Å². The molecule has 0 unspecified atom stereocenters. The van der Waals surface area contributed by atoms with Crippen LogP contribution in [0.3, 0.4) is 0 Å². The van der Waals surface area contributed by atoms with Gasteiger partial charge in [-0.15, -0.1) is 0 Å². The first-order chi connectivity index (χ1) is 9.22. The maximum absolute atomic E-state index is 12.0. The molecule has 98 valence electrons. The van der Waals surface area contributed by atoms with Gasteiger partial charge in [-0.3, -0.25) is 4.79 Å². The molecule has 0 bridgehead atoms.